The predicted molar refractivity (Wildman–Crippen MR) is 104 cm³/mol. The Hall–Kier alpha value is -1.95. The van der Waals surface area contributed by atoms with Crippen LogP contribution in [-0.4, -0.2) is 48.4 Å². The molecule has 0 radical (unpaired) electrons. The minimum Gasteiger partial charge on any atom is -0.340 e. The summed E-state index contributed by atoms with van der Waals surface area (Å²) in [6, 6.07) is 16.5. The average molecular weight is 378 g/mol. The molecule has 4 nitrogen and oxygen atoms in total. The summed E-state index contributed by atoms with van der Waals surface area (Å²) >= 11 is 0. The summed E-state index contributed by atoms with van der Waals surface area (Å²) in [7, 11) is 1.77. The maximum absolute atomic E-state index is 13.0. The Balaban J connectivity index is 0.00000243. The molecule has 2 aromatic carbocycles. The van der Waals surface area contributed by atoms with Crippen LogP contribution in [0.15, 0.2) is 54.6 Å². The lowest BCUT2D eigenvalue weighted by Crippen LogP contribution is -2.38. The number of rotatable bonds is 5. The number of hydrogen-bond acceptors (Lipinski definition) is 3. The van der Waals surface area contributed by atoms with E-state index < -0.39 is 0 Å². The van der Waals surface area contributed by atoms with Crippen molar-refractivity contribution in [3.8, 4) is 0 Å². The fourth-order valence-corrected chi connectivity index (χ4v) is 3.36. The van der Waals surface area contributed by atoms with Crippen molar-refractivity contribution in [2.75, 3.05) is 26.7 Å². The van der Waals surface area contributed by atoms with Crippen LogP contribution in [-0.2, 0) is 11.3 Å². The van der Waals surface area contributed by atoms with E-state index in [0.717, 1.165) is 18.7 Å². The summed E-state index contributed by atoms with van der Waals surface area (Å²) in [6.07, 6.45) is 0. The van der Waals surface area contributed by atoms with E-state index in [1.807, 2.05) is 18.2 Å². The van der Waals surface area contributed by atoms with Gasteiger partial charge in [0.25, 0.3) is 0 Å². The van der Waals surface area contributed by atoms with E-state index in [-0.39, 0.29) is 36.1 Å². The summed E-state index contributed by atoms with van der Waals surface area (Å²) in [4.78, 5) is 16.3. The zero-order chi connectivity index (χ0) is 17.8. The molecule has 1 aliphatic rings. The van der Waals surface area contributed by atoms with Crippen LogP contribution in [0.4, 0.5) is 4.39 Å². The number of nitrogens with two attached hydrogens (primary N) is 1. The quantitative estimate of drug-likeness (QED) is 0.871. The highest BCUT2D eigenvalue weighted by molar-refractivity contribution is 5.85. The van der Waals surface area contributed by atoms with E-state index in [2.05, 4.69) is 17.0 Å². The third kappa shape index (κ3) is 5.04. The van der Waals surface area contributed by atoms with E-state index in [1.165, 1.54) is 17.7 Å². The van der Waals surface area contributed by atoms with Crippen LogP contribution in [0.1, 0.15) is 17.0 Å². The Morgan fingerprint density at radius 2 is 1.81 bits per heavy atom. The molecule has 0 aliphatic carbocycles. The second kappa shape index (κ2) is 9.12. The fraction of sp³-hybridized carbons (Fsp3) is 0.350. The number of likely N-dealkylation sites (tertiary alicyclic amines) is 1. The molecular formula is C20H25ClFN3O. The van der Waals surface area contributed by atoms with Crippen molar-refractivity contribution in [1.82, 2.24) is 9.80 Å². The van der Waals surface area contributed by atoms with E-state index >= 15 is 0 Å². The molecule has 1 saturated heterocycles. The first-order valence-electron chi connectivity index (χ1n) is 8.54. The highest BCUT2D eigenvalue weighted by Gasteiger charge is 2.32. The maximum atomic E-state index is 13.0. The number of benzene rings is 2. The van der Waals surface area contributed by atoms with E-state index in [4.69, 9.17) is 5.73 Å². The van der Waals surface area contributed by atoms with Crippen LogP contribution in [0.25, 0.3) is 0 Å². The van der Waals surface area contributed by atoms with Crippen molar-refractivity contribution < 1.29 is 9.18 Å². The van der Waals surface area contributed by atoms with Crippen LogP contribution < -0.4 is 5.73 Å². The number of hydrogen-bond donors (Lipinski definition) is 1. The molecule has 0 spiro atoms. The van der Waals surface area contributed by atoms with Gasteiger partial charge in [0.05, 0.1) is 6.54 Å². The number of carbonyl (C=O) groups is 1. The van der Waals surface area contributed by atoms with Gasteiger partial charge in [0, 0.05) is 38.6 Å². The van der Waals surface area contributed by atoms with Crippen LogP contribution in [0.2, 0.25) is 0 Å². The number of amides is 1. The molecule has 0 aromatic heterocycles. The number of nitrogens with zero attached hydrogens (tertiary/aromatic N) is 2. The van der Waals surface area contributed by atoms with Crippen LogP contribution in [0, 0.1) is 5.82 Å². The molecule has 0 bridgehead atoms. The van der Waals surface area contributed by atoms with Gasteiger partial charge < -0.3 is 10.6 Å². The minimum atomic E-state index is -0.268. The van der Waals surface area contributed by atoms with Crippen molar-refractivity contribution in [3.05, 3.63) is 71.5 Å². The minimum absolute atomic E-state index is 0. The number of likely N-dealkylation sites (N-methyl/N-ethyl adjacent to an activating group) is 1. The van der Waals surface area contributed by atoms with Crippen molar-refractivity contribution in [2.24, 2.45) is 5.73 Å². The first-order chi connectivity index (χ1) is 12.0. The molecule has 2 N–H and O–H groups in total. The second-order valence-corrected chi connectivity index (χ2v) is 6.75. The zero-order valence-electron chi connectivity index (χ0n) is 14.8. The van der Waals surface area contributed by atoms with Crippen molar-refractivity contribution in [3.63, 3.8) is 0 Å². The standard InChI is InChI=1S/C20H24FN3O.ClH/c1-23(11-15-7-9-17(21)10-8-15)20(25)14-24-12-18(19(22)13-24)16-5-3-2-4-6-16;/h2-10,18-19H,11-14,22H2,1H3;1H/t18-,19+;/m0./s1. The van der Waals surface area contributed by atoms with Gasteiger partial charge in [-0.2, -0.15) is 0 Å². The molecule has 1 amide bonds. The largest absolute Gasteiger partial charge is 0.340 e. The van der Waals surface area contributed by atoms with Crippen molar-refractivity contribution >= 4 is 18.3 Å². The Kier molecular flexibility index (Phi) is 7.14. The lowest BCUT2D eigenvalue weighted by Gasteiger charge is -2.21. The fourth-order valence-electron chi connectivity index (χ4n) is 3.36. The van der Waals surface area contributed by atoms with Crippen molar-refractivity contribution in [2.45, 2.75) is 18.5 Å². The van der Waals surface area contributed by atoms with Gasteiger partial charge in [-0.25, -0.2) is 4.39 Å². The Bertz CT molecular complexity index is 711. The topological polar surface area (TPSA) is 49.6 Å². The molecule has 1 heterocycles. The van der Waals surface area contributed by atoms with Gasteiger partial charge in [0.15, 0.2) is 0 Å². The third-order valence-electron chi connectivity index (χ3n) is 4.79. The first kappa shape index (κ1) is 20.4. The van der Waals surface area contributed by atoms with Crippen LogP contribution in [0.3, 0.4) is 0 Å². The van der Waals surface area contributed by atoms with E-state index in [1.54, 1.807) is 24.1 Å². The second-order valence-electron chi connectivity index (χ2n) is 6.75. The van der Waals surface area contributed by atoms with E-state index in [0.29, 0.717) is 13.1 Å². The molecule has 0 unspecified atom stereocenters. The van der Waals surface area contributed by atoms with Gasteiger partial charge in [0.2, 0.25) is 5.91 Å². The predicted octanol–water partition coefficient (Wildman–Crippen LogP) is 2.63. The van der Waals surface area contributed by atoms with Gasteiger partial charge in [-0.05, 0) is 23.3 Å². The van der Waals surface area contributed by atoms with Gasteiger partial charge in [0.1, 0.15) is 5.82 Å². The Morgan fingerprint density at radius 1 is 1.15 bits per heavy atom. The zero-order valence-corrected chi connectivity index (χ0v) is 15.7. The molecule has 26 heavy (non-hydrogen) atoms. The number of carbonyl (C=O) groups excluding carboxylic acids is 1. The average Bonchev–Trinajstić information content (AvgIpc) is 2.98. The third-order valence-corrected chi connectivity index (χ3v) is 4.79. The van der Waals surface area contributed by atoms with Crippen LogP contribution in [0.5, 0.6) is 0 Å². The summed E-state index contributed by atoms with van der Waals surface area (Å²) in [5.74, 6) is 0.0392. The molecule has 1 fully saturated rings. The molecule has 2 atom stereocenters. The lowest BCUT2D eigenvalue weighted by molar-refractivity contribution is -0.131. The molecule has 0 saturated carbocycles. The van der Waals surface area contributed by atoms with Gasteiger partial charge in [-0.3, -0.25) is 9.69 Å². The van der Waals surface area contributed by atoms with Crippen LogP contribution >= 0.6 is 12.4 Å². The van der Waals surface area contributed by atoms with Gasteiger partial charge in [-0.15, -0.1) is 12.4 Å². The Morgan fingerprint density at radius 3 is 2.46 bits per heavy atom. The molecule has 6 heteroatoms. The van der Waals surface area contributed by atoms with E-state index in [9.17, 15) is 9.18 Å². The number of halogens is 2. The normalized spacial score (nSPS) is 19.8. The summed E-state index contributed by atoms with van der Waals surface area (Å²) in [5, 5.41) is 0. The summed E-state index contributed by atoms with van der Waals surface area (Å²) < 4.78 is 13.0. The molecule has 140 valence electrons. The monoisotopic (exact) mass is 377 g/mol. The first-order valence-corrected chi connectivity index (χ1v) is 8.54. The highest BCUT2D eigenvalue weighted by Crippen LogP contribution is 2.26. The molecule has 1 aliphatic heterocycles. The molecular weight excluding hydrogens is 353 g/mol. The molecule has 3 rings (SSSR count). The van der Waals surface area contributed by atoms with Crippen molar-refractivity contribution in [1.29, 1.82) is 0 Å². The highest BCUT2D eigenvalue weighted by atomic mass is 35.5. The van der Waals surface area contributed by atoms with Gasteiger partial charge in [-0.1, -0.05) is 42.5 Å². The summed E-state index contributed by atoms with van der Waals surface area (Å²) in [5.41, 5.74) is 8.43. The SMILES string of the molecule is CN(Cc1ccc(F)cc1)C(=O)CN1C[C@@H](N)[C@H](c2ccccc2)C1.Cl. The Labute approximate surface area is 160 Å². The lowest BCUT2D eigenvalue weighted by atomic mass is 9.95. The molecule has 2 aromatic rings. The van der Waals surface area contributed by atoms with Gasteiger partial charge >= 0.3 is 0 Å². The smallest absolute Gasteiger partial charge is 0.236 e. The maximum Gasteiger partial charge on any atom is 0.236 e. The summed E-state index contributed by atoms with van der Waals surface area (Å²) in [6.45, 7) is 2.34.